The second-order valence-corrected chi connectivity index (χ2v) is 6.45. The van der Waals surface area contributed by atoms with E-state index in [-0.39, 0.29) is 23.8 Å². The number of hydrogen-bond acceptors (Lipinski definition) is 3. The first-order valence-corrected chi connectivity index (χ1v) is 8.26. The third-order valence-corrected chi connectivity index (χ3v) is 4.37. The van der Waals surface area contributed by atoms with E-state index in [1.807, 2.05) is 18.7 Å². The van der Waals surface area contributed by atoms with E-state index < -0.39 is 0 Å². The summed E-state index contributed by atoms with van der Waals surface area (Å²) in [6, 6.07) is 0.384. The molecule has 1 saturated heterocycles. The molecule has 21 heavy (non-hydrogen) atoms. The Balaban J connectivity index is 1.67. The van der Waals surface area contributed by atoms with Gasteiger partial charge in [-0.2, -0.15) is 0 Å². The average molecular weight is 296 g/mol. The fourth-order valence-electron chi connectivity index (χ4n) is 3.22. The lowest BCUT2D eigenvalue weighted by molar-refractivity contribution is -0.130. The van der Waals surface area contributed by atoms with Crippen molar-refractivity contribution in [3.63, 3.8) is 0 Å². The molecule has 120 valence electrons. The zero-order chi connectivity index (χ0) is 15.2. The molecule has 5 nitrogen and oxygen atoms in total. The maximum atomic E-state index is 12.1. The van der Waals surface area contributed by atoms with Gasteiger partial charge in [0.05, 0.1) is 12.0 Å². The summed E-state index contributed by atoms with van der Waals surface area (Å²) in [5, 5.41) is 2.93. The smallest absolute Gasteiger partial charge is 0.225 e. The van der Waals surface area contributed by atoms with Gasteiger partial charge in [0.2, 0.25) is 11.8 Å². The molecule has 0 aromatic heterocycles. The number of ether oxygens (including phenoxy) is 1. The fourth-order valence-corrected chi connectivity index (χ4v) is 3.22. The minimum atomic E-state index is -0.163. The molecule has 2 rings (SSSR count). The van der Waals surface area contributed by atoms with Gasteiger partial charge in [-0.15, -0.1) is 0 Å². The summed E-state index contributed by atoms with van der Waals surface area (Å²) < 4.78 is 5.44. The van der Waals surface area contributed by atoms with Crippen LogP contribution in [0.2, 0.25) is 0 Å². The number of hydrogen-bond donors (Lipinski definition) is 1. The molecular formula is C16H28N2O3. The van der Waals surface area contributed by atoms with Gasteiger partial charge in [-0.05, 0) is 33.1 Å². The first-order valence-electron chi connectivity index (χ1n) is 8.26. The molecule has 0 radical (unpaired) electrons. The Morgan fingerprint density at radius 3 is 2.76 bits per heavy atom. The van der Waals surface area contributed by atoms with E-state index in [0.29, 0.717) is 32.2 Å². The molecule has 5 heteroatoms. The lowest BCUT2D eigenvalue weighted by Crippen LogP contribution is -2.37. The van der Waals surface area contributed by atoms with Crippen molar-refractivity contribution in [3.05, 3.63) is 0 Å². The van der Waals surface area contributed by atoms with Crippen molar-refractivity contribution in [3.8, 4) is 0 Å². The van der Waals surface area contributed by atoms with Crippen molar-refractivity contribution in [1.82, 2.24) is 10.2 Å². The van der Waals surface area contributed by atoms with Crippen LogP contribution in [-0.4, -0.2) is 48.6 Å². The van der Waals surface area contributed by atoms with E-state index in [4.69, 9.17) is 4.74 Å². The number of amides is 2. The maximum Gasteiger partial charge on any atom is 0.225 e. The highest BCUT2D eigenvalue weighted by Crippen LogP contribution is 2.29. The first-order chi connectivity index (χ1) is 10.1. The van der Waals surface area contributed by atoms with E-state index in [9.17, 15) is 9.59 Å². The summed E-state index contributed by atoms with van der Waals surface area (Å²) >= 11 is 0. The molecule has 1 saturated carbocycles. The molecule has 1 N–H and O–H groups in total. The lowest BCUT2D eigenvalue weighted by atomic mass is 10.1. The summed E-state index contributed by atoms with van der Waals surface area (Å²) in [4.78, 5) is 26.1. The molecule has 1 atom stereocenters. The number of carbonyl (C=O) groups is 2. The summed E-state index contributed by atoms with van der Waals surface area (Å²) in [6.07, 6.45) is 6.05. The highest BCUT2D eigenvalue weighted by molar-refractivity contribution is 5.89. The van der Waals surface area contributed by atoms with E-state index in [1.54, 1.807) is 0 Å². The number of rotatable bonds is 7. The van der Waals surface area contributed by atoms with Crippen LogP contribution in [0, 0.1) is 5.92 Å². The van der Waals surface area contributed by atoms with Gasteiger partial charge in [0.1, 0.15) is 0 Å². The highest BCUT2D eigenvalue weighted by Gasteiger charge is 2.38. The Hall–Kier alpha value is -1.10. The largest absolute Gasteiger partial charge is 0.379 e. The number of carbonyl (C=O) groups excluding carboxylic acids is 2. The zero-order valence-electron chi connectivity index (χ0n) is 13.3. The molecule has 0 bridgehead atoms. The van der Waals surface area contributed by atoms with Crippen molar-refractivity contribution < 1.29 is 14.3 Å². The summed E-state index contributed by atoms with van der Waals surface area (Å²) in [7, 11) is 0. The van der Waals surface area contributed by atoms with Crippen molar-refractivity contribution in [2.45, 2.75) is 64.5 Å². The number of likely N-dealkylation sites (tertiary alicyclic amines) is 1. The molecule has 1 unspecified atom stereocenters. The van der Waals surface area contributed by atoms with E-state index in [0.717, 1.165) is 19.3 Å². The fraction of sp³-hybridized carbons (Fsp3) is 0.875. The van der Waals surface area contributed by atoms with Gasteiger partial charge >= 0.3 is 0 Å². The van der Waals surface area contributed by atoms with E-state index in [1.165, 1.54) is 12.8 Å². The van der Waals surface area contributed by atoms with Gasteiger partial charge in [-0.25, -0.2) is 0 Å². The van der Waals surface area contributed by atoms with Crippen molar-refractivity contribution >= 4 is 11.8 Å². The molecule has 0 aromatic rings. The van der Waals surface area contributed by atoms with Gasteiger partial charge < -0.3 is 15.0 Å². The summed E-state index contributed by atoms with van der Waals surface area (Å²) in [5.41, 5.74) is 0. The third kappa shape index (κ3) is 4.70. The molecule has 1 aliphatic carbocycles. The van der Waals surface area contributed by atoms with Crippen LogP contribution in [0.4, 0.5) is 0 Å². The first kappa shape index (κ1) is 16.3. The SMILES string of the molecule is CC(C)OCCCNC(=O)C1CC(=O)N(C2CCCC2)C1. The number of nitrogens with one attached hydrogen (secondary N) is 1. The predicted octanol–water partition coefficient (Wildman–Crippen LogP) is 1.71. The van der Waals surface area contributed by atoms with Crippen molar-refractivity contribution in [1.29, 1.82) is 0 Å². The zero-order valence-corrected chi connectivity index (χ0v) is 13.3. The Morgan fingerprint density at radius 1 is 1.38 bits per heavy atom. The summed E-state index contributed by atoms with van der Waals surface area (Å²) in [5.74, 6) is 0.0164. The standard InChI is InChI=1S/C16H28N2O3/c1-12(2)21-9-5-8-17-16(20)13-10-15(19)18(11-13)14-6-3-4-7-14/h12-14H,3-11H2,1-2H3,(H,17,20). The van der Waals surface area contributed by atoms with Gasteiger partial charge in [0.15, 0.2) is 0 Å². The van der Waals surface area contributed by atoms with Crippen molar-refractivity contribution in [2.75, 3.05) is 19.7 Å². The van der Waals surface area contributed by atoms with Crippen LogP contribution in [0.5, 0.6) is 0 Å². The molecular weight excluding hydrogens is 268 g/mol. The lowest BCUT2D eigenvalue weighted by Gasteiger charge is -2.23. The van der Waals surface area contributed by atoms with Gasteiger partial charge in [0.25, 0.3) is 0 Å². The van der Waals surface area contributed by atoms with E-state index in [2.05, 4.69) is 5.32 Å². The normalized spacial score (nSPS) is 23.3. The summed E-state index contributed by atoms with van der Waals surface area (Å²) in [6.45, 7) is 5.90. The van der Waals surface area contributed by atoms with E-state index >= 15 is 0 Å². The molecule has 2 aliphatic rings. The molecule has 0 spiro atoms. The minimum Gasteiger partial charge on any atom is -0.379 e. The molecule has 1 heterocycles. The Bertz CT molecular complexity index is 365. The Kier molecular flexibility index (Phi) is 6.03. The van der Waals surface area contributed by atoms with Gasteiger partial charge in [0, 0.05) is 32.2 Å². The predicted molar refractivity (Wildman–Crippen MR) is 80.8 cm³/mol. The van der Waals surface area contributed by atoms with Crippen LogP contribution < -0.4 is 5.32 Å². The van der Waals surface area contributed by atoms with Gasteiger partial charge in [-0.3, -0.25) is 9.59 Å². The van der Waals surface area contributed by atoms with Gasteiger partial charge in [-0.1, -0.05) is 12.8 Å². The third-order valence-electron chi connectivity index (χ3n) is 4.37. The average Bonchev–Trinajstić information content (AvgIpc) is 3.06. The number of nitrogens with zero attached hydrogens (tertiary/aromatic N) is 1. The maximum absolute atomic E-state index is 12.1. The topological polar surface area (TPSA) is 58.6 Å². The highest BCUT2D eigenvalue weighted by atomic mass is 16.5. The van der Waals surface area contributed by atoms with Crippen LogP contribution in [-0.2, 0) is 14.3 Å². The quantitative estimate of drug-likeness (QED) is 0.728. The molecule has 1 aliphatic heterocycles. The van der Waals surface area contributed by atoms with Crippen LogP contribution in [0.3, 0.4) is 0 Å². The second kappa shape index (κ2) is 7.78. The molecule has 0 aromatic carbocycles. The minimum absolute atomic E-state index is 0.0217. The Morgan fingerprint density at radius 2 is 2.10 bits per heavy atom. The van der Waals surface area contributed by atoms with Crippen LogP contribution >= 0.6 is 0 Å². The van der Waals surface area contributed by atoms with Crippen LogP contribution in [0.1, 0.15) is 52.4 Å². The second-order valence-electron chi connectivity index (χ2n) is 6.45. The van der Waals surface area contributed by atoms with Crippen LogP contribution in [0.25, 0.3) is 0 Å². The Labute approximate surface area is 127 Å². The van der Waals surface area contributed by atoms with Crippen molar-refractivity contribution in [2.24, 2.45) is 5.92 Å². The van der Waals surface area contributed by atoms with Crippen LogP contribution in [0.15, 0.2) is 0 Å². The monoisotopic (exact) mass is 296 g/mol. The molecule has 2 amide bonds. The molecule has 2 fully saturated rings.